The third kappa shape index (κ3) is 7.55. The first-order valence-corrected chi connectivity index (χ1v) is 24.5. The van der Waals surface area contributed by atoms with Crippen molar-refractivity contribution in [1.82, 2.24) is 44.0 Å². The SMILES string of the molecule is c1ccc(-c2cc(-c3cccc(-c4ccnc(-c5nc(-c6ccc(-n7c8ccccc8c8ccccc87)cc6)nc(-c6ccccn6)n5)c4)c3)nc(-c3ccc(-n4c5ccccc5c5ccccc54)cc3)n2)cc1. The average molecular weight is 948 g/mol. The van der Waals surface area contributed by atoms with Crippen molar-refractivity contribution in [2.24, 2.45) is 0 Å². The highest BCUT2D eigenvalue weighted by atomic mass is 15.1. The Morgan fingerprint density at radius 1 is 0.230 bits per heavy atom. The van der Waals surface area contributed by atoms with Crippen LogP contribution in [0, 0.1) is 0 Å². The van der Waals surface area contributed by atoms with Crippen LogP contribution in [0.3, 0.4) is 0 Å². The maximum atomic E-state index is 5.25. The van der Waals surface area contributed by atoms with Gasteiger partial charge in [-0.2, -0.15) is 0 Å². The Hall–Kier alpha value is -10.3. The Balaban J connectivity index is 0.821. The number of nitrogens with zero attached hydrogens (tertiary/aromatic N) is 9. The molecule has 14 aromatic rings. The summed E-state index contributed by atoms with van der Waals surface area (Å²) in [6.45, 7) is 0. The van der Waals surface area contributed by atoms with Crippen molar-refractivity contribution in [3.05, 3.63) is 249 Å². The van der Waals surface area contributed by atoms with Crippen LogP contribution in [0.25, 0.3) is 134 Å². The maximum absolute atomic E-state index is 5.25. The van der Waals surface area contributed by atoms with E-state index in [4.69, 9.17) is 29.9 Å². The van der Waals surface area contributed by atoms with Crippen LogP contribution < -0.4 is 0 Å². The van der Waals surface area contributed by atoms with Crippen LogP contribution in [0.1, 0.15) is 0 Å². The minimum absolute atomic E-state index is 0.442. The van der Waals surface area contributed by atoms with E-state index in [1.165, 1.54) is 21.5 Å². The molecule has 6 aromatic heterocycles. The second kappa shape index (κ2) is 17.9. The van der Waals surface area contributed by atoms with Gasteiger partial charge in [-0.15, -0.1) is 0 Å². The van der Waals surface area contributed by atoms with E-state index in [9.17, 15) is 0 Å². The average Bonchev–Trinajstić information content (AvgIpc) is 4.01. The molecule has 0 spiro atoms. The molecule has 0 aliphatic heterocycles. The van der Waals surface area contributed by atoms with Gasteiger partial charge in [0.25, 0.3) is 0 Å². The van der Waals surface area contributed by atoms with Gasteiger partial charge in [-0.1, -0.05) is 127 Å². The molecule has 0 aliphatic rings. The monoisotopic (exact) mass is 947 g/mol. The molecule has 0 unspecified atom stereocenters. The number of benzene rings is 8. The van der Waals surface area contributed by atoms with E-state index < -0.39 is 0 Å². The molecule has 0 saturated carbocycles. The van der Waals surface area contributed by atoms with Crippen LogP contribution in [-0.2, 0) is 0 Å². The van der Waals surface area contributed by atoms with Gasteiger partial charge >= 0.3 is 0 Å². The molecular weight excluding hydrogens is 907 g/mol. The fraction of sp³-hybridized carbons (Fsp3) is 0. The Morgan fingerprint density at radius 2 is 0.662 bits per heavy atom. The van der Waals surface area contributed by atoms with Gasteiger partial charge < -0.3 is 9.13 Å². The number of hydrogen-bond acceptors (Lipinski definition) is 7. The Morgan fingerprint density at radius 3 is 1.22 bits per heavy atom. The van der Waals surface area contributed by atoms with Crippen LogP contribution >= 0.6 is 0 Å². The zero-order valence-electron chi connectivity index (χ0n) is 39.7. The smallest absolute Gasteiger partial charge is 0.182 e. The molecule has 0 saturated heterocycles. The highest BCUT2D eigenvalue weighted by Crippen LogP contribution is 2.36. The number of aromatic nitrogens is 9. The molecule has 0 atom stereocenters. The quantitative estimate of drug-likeness (QED) is 0.142. The lowest BCUT2D eigenvalue weighted by atomic mass is 10.0. The van der Waals surface area contributed by atoms with E-state index in [1.54, 1.807) is 12.4 Å². The highest BCUT2D eigenvalue weighted by molar-refractivity contribution is 6.10. The standard InChI is InChI=1S/C65H41N9/c1-2-15-42(16-3-1)55-41-56(69-62(68-55)43-28-32-48(33-29-43)73-58-24-8-4-19-50(58)51-20-5-9-25-59(51)73)47-18-14-17-45(39-47)46-36-38-67-57(40-46)65-71-63(70-64(72-65)54-23-12-13-37-66-54)44-30-34-49(35-31-44)74-60-26-10-6-21-52(60)53-22-7-11-27-61(53)74/h1-41H. The predicted octanol–water partition coefficient (Wildman–Crippen LogP) is 15.3. The van der Waals surface area contributed by atoms with Crippen molar-refractivity contribution in [3.8, 4) is 90.8 Å². The van der Waals surface area contributed by atoms with Crippen molar-refractivity contribution in [2.75, 3.05) is 0 Å². The predicted molar refractivity (Wildman–Crippen MR) is 298 cm³/mol. The summed E-state index contributed by atoms with van der Waals surface area (Å²) in [5.41, 5.74) is 15.3. The molecule has 9 heteroatoms. The number of fused-ring (bicyclic) bond motifs is 6. The van der Waals surface area contributed by atoms with Crippen molar-refractivity contribution >= 4 is 43.6 Å². The summed E-state index contributed by atoms with van der Waals surface area (Å²) >= 11 is 0. The van der Waals surface area contributed by atoms with E-state index in [1.807, 2.05) is 48.5 Å². The number of pyridine rings is 2. The minimum atomic E-state index is 0.442. The molecule has 0 bridgehead atoms. The van der Waals surface area contributed by atoms with Gasteiger partial charge in [-0.25, -0.2) is 24.9 Å². The molecule has 0 amide bonds. The lowest BCUT2D eigenvalue weighted by molar-refractivity contribution is 1.05. The number of rotatable bonds is 9. The third-order valence-electron chi connectivity index (χ3n) is 13.7. The first-order chi connectivity index (χ1) is 36.7. The molecule has 14 rings (SSSR count). The van der Waals surface area contributed by atoms with Gasteiger partial charge in [0.05, 0.1) is 33.5 Å². The van der Waals surface area contributed by atoms with Crippen LogP contribution in [0.4, 0.5) is 0 Å². The third-order valence-corrected chi connectivity index (χ3v) is 13.7. The Bertz CT molecular complexity index is 4020. The summed E-state index contributed by atoms with van der Waals surface area (Å²) in [7, 11) is 0. The van der Waals surface area contributed by atoms with Gasteiger partial charge in [0.1, 0.15) is 11.4 Å². The number of para-hydroxylation sites is 4. The van der Waals surface area contributed by atoms with Gasteiger partial charge in [0.15, 0.2) is 23.3 Å². The normalized spacial score (nSPS) is 11.5. The van der Waals surface area contributed by atoms with E-state index in [2.05, 4.69) is 202 Å². The fourth-order valence-corrected chi connectivity index (χ4v) is 10.2. The first-order valence-electron chi connectivity index (χ1n) is 24.5. The summed E-state index contributed by atoms with van der Waals surface area (Å²) in [5.74, 6) is 2.06. The molecular formula is C65H41N9. The molecule has 0 aliphatic carbocycles. The molecule has 6 heterocycles. The van der Waals surface area contributed by atoms with Gasteiger partial charge in [-0.05, 0) is 120 Å². The van der Waals surface area contributed by atoms with Gasteiger partial charge in [0.2, 0.25) is 0 Å². The van der Waals surface area contributed by atoms with Crippen molar-refractivity contribution in [3.63, 3.8) is 0 Å². The van der Waals surface area contributed by atoms with Crippen LogP contribution in [-0.4, -0.2) is 44.0 Å². The van der Waals surface area contributed by atoms with E-state index in [0.29, 0.717) is 34.7 Å². The topological polar surface area (TPSA) is 100 Å². The van der Waals surface area contributed by atoms with Crippen LogP contribution in [0.5, 0.6) is 0 Å². The highest BCUT2D eigenvalue weighted by Gasteiger charge is 2.18. The second-order valence-electron chi connectivity index (χ2n) is 18.2. The van der Waals surface area contributed by atoms with Crippen molar-refractivity contribution in [2.45, 2.75) is 0 Å². The van der Waals surface area contributed by atoms with Gasteiger partial charge in [-0.3, -0.25) is 9.97 Å². The molecule has 8 aromatic carbocycles. The Labute approximate surface area is 425 Å². The van der Waals surface area contributed by atoms with Crippen molar-refractivity contribution < 1.29 is 0 Å². The fourth-order valence-electron chi connectivity index (χ4n) is 10.2. The van der Waals surface area contributed by atoms with E-state index >= 15 is 0 Å². The molecule has 346 valence electrons. The molecule has 0 N–H and O–H groups in total. The van der Waals surface area contributed by atoms with Crippen LogP contribution in [0.15, 0.2) is 249 Å². The molecule has 0 fully saturated rings. The summed E-state index contributed by atoms with van der Waals surface area (Å²) < 4.78 is 4.62. The zero-order valence-corrected chi connectivity index (χ0v) is 39.7. The van der Waals surface area contributed by atoms with E-state index in [0.717, 1.165) is 78.2 Å². The summed E-state index contributed by atoms with van der Waals surface area (Å²) in [4.78, 5) is 34.9. The summed E-state index contributed by atoms with van der Waals surface area (Å²) in [5, 5.41) is 4.88. The van der Waals surface area contributed by atoms with Crippen LogP contribution in [0.2, 0.25) is 0 Å². The van der Waals surface area contributed by atoms with E-state index in [-0.39, 0.29) is 0 Å². The molecule has 9 nitrogen and oxygen atoms in total. The maximum Gasteiger partial charge on any atom is 0.182 e. The molecule has 0 radical (unpaired) electrons. The summed E-state index contributed by atoms with van der Waals surface area (Å²) in [6, 6.07) is 81.7. The number of hydrogen-bond donors (Lipinski definition) is 0. The largest absolute Gasteiger partial charge is 0.309 e. The zero-order chi connectivity index (χ0) is 49.0. The minimum Gasteiger partial charge on any atom is -0.309 e. The van der Waals surface area contributed by atoms with Crippen molar-refractivity contribution in [1.29, 1.82) is 0 Å². The molecule has 74 heavy (non-hydrogen) atoms. The lowest BCUT2D eigenvalue weighted by Gasteiger charge is -2.12. The van der Waals surface area contributed by atoms with Gasteiger partial charge in [0, 0.05) is 67.6 Å². The lowest BCUT2D eigenvalue weighted by Crippen LogP contribution is -2.02. The Kier molecular flexibility index (Phi) is 10.3. The first kappa shape index (κ1) is 42.6. The second-order valence-corrected chi connectivity index (χ2v) is 18.2. The summed E-state index contributed by atoms with van der Waals surface area (Å²) in [6.07, 6.45) is 3.55.